The van der Waals surface area contributed by atoms with Crippen molar-refractivity contribution in [3.8, 4) is 0 Å². The molecule has 0 atom stereocenters. The second-order valence-electron chi connectivity index (χ2n) is 5.27. The number of hydrogen-bond acceptors (Lipinski definition) is 6. The van der Waals surface area contributed by atoms with Crippen LogP contribution in [0.2, 0.25) is 0 Å². The van der Waals surface area contributed by atoms with Crippen LogP contribution in [0.25, 0.3) is 0 Å². The first-order chi connectivity index (χ1) is 13.1. The monoisotopic (exact) mass is 393 g/mol. The lowest BCUT2D eigenvalue weighted by Gasteiger charge is -2.08. The summed E-state index contributed by atoms with van der Waals surface area (Å²) in [6.07, 6.45) is 5.58. The molecule has 7 nitrogen and oxygen atoms in total. The predicted octanol–water partition coefficient (Wildman–Crippen LogP) is 2.82. The highest BCUT2D eigenvalue weighted by atomic mass is 16.5. The van der Waals surface area contributed by atoms with E-state index in [2.05, 4.69) is 24.3 Å². The molecular weight excluding hydrogens is 346 g/mol. The molecule has 166 valence electrons. The van der Waals surface area contributed by atoms with Crippen LogP contribution in [-0.2, 0) is 19.1 Å². The smallest absolute Gasteiger partial charge is 0.220 e. The van der Waals surface area contributed by atoms with E-state index in [0.29, 0.717) is 19.6 Å². The summed E-state index contributed by atoms with van der Waals surface area (Å²) in [7, 11) is 4.11. The van der Waals surface area contributed by atoms with Crippen molar-refractivity contribution in [1.82, 2.24) is 10.2 Å². The van der Waals surface area contributed by atoms with Gasteiger partial charge in [-0.3, -0.25) is 4.79 Å². The molecule has 3 N–H and O–H groups in total. The predicted molar refractivity (Wildman–Crippen MR) is 115 cm³/mol. The number of hydrogen-bond donors (Lipinski definition) is 2. The first-order valence-corrected chi connectivity index (χ1v) is 10.3. The summed E-state index contributed by atoms with van der Waals surface area (Å²) in [5.74, 6) is 0.0624. The van der Waals surface area contributed by atoms with E-state index in [0.717, 1.165) is 45.1 Å². The second kappa shape index (κ2) is 36.0. The third kappa shape index (κ3) is 45.8. The third-order valence-electron chi connectivity index (χ3n) is 2.71. The second-order valence-corrected chi connectivity index (χ2v) is 5.27. The molecule has 0 heterocycles. The molecule has 0 spiro atoms. The van der Waals surface area contributed by atoms with Crippen molar-refractivity contribution < 1.29 is 19.1 Å². The molecule has 0 radical (unpaired) electrons. The fraction of sp³-hybridized carbons (Fsp3) is 0.900. The molecule has 0 rings (SSSR count). The average molecular weight is 394 g/mol. The Morgan fingerprint density at radius 3 is 2.07 bits per heavy atom. The summed E-state index contributed by atoms with van der Waals surface area (Å²) in [5, 5.41) is 2.57. The van der Waals surface area contributed by atoms with Crippen LogP contribution in [-0.4, -0.2) is 70.8 Å². The van der Waals surface area contributed by atoms with Gasteiger partial charge in [-0.05, 0) is 39.9 Å². The zero-order chi connectivity index (χ0) is 21.8. The quantitative estimate of drug-likeness (QED) is 0.268. The van der Waals surface area contributed by atoms with Crippen molar-refractivity contribution in [3.63, 3.8) is 0 Å². The number of carbonyl (C=O) groups is 2. The van der Waals surface area contributed by atoms with Gasteiger partial charge >= 0.3 is 0 Å². The van der Waals surface area contributed by atoms with Gasteiger partial charge in [-0.2, -0.15) is 0 Å². The molecule has 1 amide bonds. The van der Waals surface area contributed by atoms with E-state index in [9.17, 15) is 9.59 Å². The van der Waals surface area contributed by atoms with E-state index in [1.807, 2.05) is 34.6 Å². The van der Waals surface area contributed by atoms with E-state index in [-0.39, 0.29) is 19.2 Å². The standard InChI is InChI=1S/C9H21N3O.C7H14O3.2C2H6/c1-12(2)7-5-3-4-6-9(13)11-8-10;1-2-4-9-6-7-10-5-3-8;2*1-2/h3-8,10H2,1-2H3,(H,11,13);3H,2,4-7H2,1H3;2*1-2H3. The Morgan fingerprint density at radius 2 is 1.59 bits per heavy atom. The molecular formula is C20H47N3O4. The Hall–Kier alpha value is -1.02. The van der Waals surface area contributed by atoms with Crippen LogP contribution in [0.15, 0.2) is 0 Å². The molecule has 27 heavy (non-hydrogen) atoms. The maximum absolute atomic E-state index is 10.9. The van der Waals surface area contributed by atoms with Gasteiger partial charge in [-0.25, -0.2) is 0 Å². The van der Waals surface area contributed by atoms with Gasteiger partial charge in [-0.1, -0.05) is 41.0 Å². The average Bonchev–Trinajstić information content (AvgIpc) is 2.68. The summed E-state index contributed by atoms with van der Waals surface area (Å²) in [6, 6.07) is 0. The van der Waals surface area contributed by atoms with Crippen LogP contribution in [0.1, 0.15) is 66.7 Å². The van der Waals surface area contributed by atoms with E-state index in [1.165, 1.54) is 0 Å². The fourth-order valence-corrected chi connectivity index (χ4v) is 1.59. The number of nitrogens with zero attached hydrogens (tertiary/aromatic N) is 1. The minimum atomic E-state index is 0.0624. The number of rotatable bonds is 14. The van der Waals surface area contributed by atoms with Gasteiger partial charge in [0.2, 0.25) is 5.91 Å². The molecule has 0 aromatic heterocycles. The maximum Gasteiger partial charge on any atom is 0.220 e. The summed E-state index contributed by atoms with van der Waals surface area (Å²) in [6.45, 7) is 13.4. The minimum Gasteiger partial charge on any atom is -0.379 e. The highest BCUT2D eigenvalue weighted by Crippen LogP contribution is 1.99. The van der Waals surface area contributed by atoms with Gasteiger partial charge in [0.15, 0.2) is 0 Å². The van der Waals surface area contributed by atoms with E-state index in [1.54, 1.807) is 0 Å². The summed E-state index contributed by atoms with van der Waals surface area (Å²) in [5.41, 5.74) is 5.16. The summed E-state index contributed by atoms with van der Waals surface area (Å²) in [4.78, 5) is 22.8. The first-order valence-electron chi connectivity index (χ1n) is 10.3. The lowest BCUT2D eigenvalue weighted by Crippen LogP contribution is -2.28. The number of nitrogens with two attached hydrogens (primary N) is 1. The zero-order valence-electron chi connectivity index (χ0n) is 19.0. The lowest BCUT2D eigenvalue weighted by atomic mass is 10.2. The molecule has 0 fully saturated rings. The Labute approximate surface area is 168 Å². The lowest BCUT2D eigenvalue weighted by molar-refractivity contribution is -0.121. The molecule has 0 aliphatic rings. The SMILES string of the molecule is CC.CC.CCCOCCOCC=O.CN(C)CCCCCC(=O)NCN. The molecule has 0 saturated carbocycles. The Morgan fingerprint density at radius 1 is 1.00 bits per heavy atom. The molecule has 0 aromatic rings. The van der Waals surface area contributed by atoms with Crippen LogP contribution >= 0.6 is 0 Å². The van der Waals surface area contributed by atoms with Crippen molar-refractivity contribution >= 4 is 12.2 Å². The van der Waals surface area contributed by atoms with Crippen molar-refractivity contribution in [2.24, 2.45) is 5.73 Å². The largest absolute Gasteiger partial charge is 0.379 e. The van der Waals surface area contributed by atoms with Crippen molar-refractivity contribution in [1.29, 1.82) is 0 Å². The minimum absolute atomic E-state index is 0.0624. The fourth-order valence-electron chi connectivity index (χ4n) is 1.59. The van der Waals surface area contributed by atoms with Crippen molar-refractivity contribution in [3.05, 3.63) is 0 Å². The molecule has 0 aliphatic carbocycles. The van der Waals surface area contributed by atoms with E-state index in [4.69, 9.17) is 15.2 Å². The van der Waals surface area contributed by atoms with Gasteiger partial charge < -0.3 is 30.2 Å². The highest BCUT2D eigenvalue weighted by molar-refractivity contribution is 5.75. The zero-order valence-corrected chi connectivity index (χ0v) is 19.0. The molecule has 7 heteroatoms. The van der Waals surface area contributed by atoms with Gasteiger partial charge in [-0.15, -0.1) is 0 Å². The summed E-state index contributed by atoms with van der Waals surface area (Å²) >= 11 is 0. The molecule has 0 bridgehead atoms. The van der Waals surface area contributed by atoms with Crippen LogP contribution < -0.4 is 11.1 Å². The maximum atomic E-state index is 10.9. The Kier molecular flexibility index (Phi) is 44.7. The Bertz CT molecular complexity index is 266. The number of unbranched alkanes of at least 4 members (excludes halogenated alkanes) is 2. The molecule has 0 aliphatic heterocycles. The molecule has 0 saturated heterocycles. The number of nitrogens with one attached hydrogen (secondary N) is 1. The van der Waals surface area contributed by atoms with Crippen molar-refractivity contribution in [2.45, 2.75) is 66.7 Å². The topological polar surface area (TPSA) is 93.9 Å². The highest BCUT2D eigenvalue weighted by Gasteiger charge is 1.98. The Balaban J connectivity index is -0.000000169. The van der Waals surface area contributed by atoms with Gasteiger partial charge in [0.05, 0.1) is 19.9 Å². The van der Waals surface area contributed by atoms with Gasteiger partial charge in [0.25, 0.3) is 0 Å². The third-order valence-corrected chi connectivity index (χ3v) is 2.71. The summed E-state index contributed by atoms with van der Waals surface area (Å²) < 4.78 is 9.92. The van der Waals surface area contributed by atoms with Gasteiger partial charge in [0.1, 0.15) is 12.9 Å². The van der Waals surface area contributed by atoms with Crippen LogP contribution in [0.4, 0.5) is 0 Å². The van der Waals surface area contributed by atoms with Gasteiger partial charge in [0, 0.05) is 13.0 Å². The number of aldehydes is 1. The van der Waals surface area contributed by atoms with Crippen LogP contribution in [0.5, 0.6) is 0 Å². The van der Waals surface area contributed by atoms with E-state index >= 15 is 0 Å². The number of carbonyl (C=O) groups excluding carboxylic acids is 2. The molecule has 0 aromatic carbocycles. The number of amides is 1. The first kappa shape index (κ1) is 33.6. The molecule has 0 unspecified atom stereocenters. The van der Waals surface area contributed by atoms with Crippen LogP contribution in [0.3, 0.4) is 0 Å². The normalized spacial score (nSPS) is 9.07. The van der Waals surface area contributed by atoms with Crippen molar-refractivity contribution in [2.75, 3.05) is 53.7 Å². The van der Waals surface area contributed by atoms with Crippen LogP contribution in [0, 0.1) is 0 Å². The number of ether oxygens (including phenoxy) is 2. The van der Waals surface area contributed by atoms with E-state index < -0.39 is 0 Å².